The van der Waals surface area contributed by atoms with E-state index in [1.54, 1.807) is 23.5 Å². The predicted octanol–water partition coefficient (Wildman–Crippen LogP) is 3.58. The van der Waals surface area contributed by atoms with Gasteiger partial charge in [0.2, 0.25) is 0 Å². The van der Waals surface area contributed by atoms with E-state index in [1.807, 2.05) is 18.4 Å². The number of thiophene rings is 1. The van der Waals surface area contributed by atoms with Crippen molar-refractivity contribution < 1.29 is 9.90 Å². The summed E-state index contributed by atoms with van der Waals surface area (Å²) < 4.78 is 0.579. The van der Waals surface area contributed by atoms with Crippen LogP contribution >= 0.6 is 27.3 Å². The van der Waals surface area contributed by atoms with Crippen molar-refractivity contribution in [3.63, 3.8) is 0 Å². The summed E-state index contributed by atoms with van der Waals surface area (Å²) in [4.78, 5) is 13.3. The number of hydrogen-bond donors (Lipinski definition) is 2. The third-order valence-electron chi connectivity index (χ3n) is 2.67. The molecule has 19 heavy (non-hydrogen) atoms. The van der Waals surface area contributed by atoms with Crippen molar-refractivity contribution >= 4 is 33.2 Å². The molecule has 5 heteroatoms. The SMILES string of the molecule is CC(Cc1cccs1)NC(=O)c1ccc(Br)c(O)c1. The van der Waals surface area contributed by atoms with E-state index in [0.717, 1.165) is 6.42 Å². The lowest BCUT2D eigenvalue weighted by molar-refractivity contribution is 0.0940. The Balaban J connectivity index is 1.98. The molecule has 1 aromatic carbocycles. The molecule has 1 unspecified atom stereocenters. The predicted molar refractivity (Wildman–Crippen MR) is 80.8 cm³/mol. The number of rotatable bonds is 4. The minimum Gasteiger partial charge on any atom is -0.507 e. The highest BCUT2D eigenvalue weighted by Crippen LogP contribution is 2.24. The first-order chi connectivity index (χ1) is 9.06. The fourth-order valence-electron chi connectivity index (χ4n) is 1.74. The van der Waals surface area contributed by atoms with Crippen LogP contribution in [0.5, 0.6) is 5.75 Å². The van der Waals surface area contributed by atoms with Crippen molar-refractivity contribution in [3.05, 3.63) is 50.6 Å². The van der Waals surface area contributed by atoms with Crippen LogP contribution in [0, 0.1) is 0 Å². The molecule has 2 aromatic rings. The number of phenols is 1. The summed E-state index contributed by atoms with van der Waals surface area (Å²) in [6, 6.07) is 8.90. The van der Waals surface area contributed by atoms with Gasteiger partial charge in [0.15, 0.2) is 0 Å². The van der Waals surface area contributed by atoms with E-state index in [-0.39, 0.29) is 17.7 Å². The highest BCUT2D eigenvalue weighted by molar-refractivity contribution is 9.10. The van der Waals surface area contributed by atoms with Crippen LogP contribution in [0.25, 0.3) is 0 Å². The normalized spacial score (nSPS) is 12.1. The maximum atomic E-state index is 12.0. The third kappa shape index (κ3) is 3.81. The van der Waals surface area contributed by atoms with Gasteiger partial charge in [-0.2, -0.15) is 0 Å². The Bertz CT molecular complexity index is 569. The van der Waals surface area contributed by atoms with Gasteiger partial charge >= 0.3 is 0 Å². The molecule has 0 bridgehead atoms. The van der Waals surface area contributed by atoms with Gasteiger partial charge in [-0.25, -0.2) is 0 Å². The van der Waals surface area contributed by atoms with Gasteiger partial charge in [0.1, 0.15) is 5.75 Å². The average molecular weight is 340 g/mol. The maximum Gasteiger partial charge on any atom is 0.251 e. The Hall–Kier alpha value is -1.33. The van der Waals surface area contributed by atoms with Gasteiger partial charge in [0, 0.05) is 22.9 Å². The number of amides is 1. The topological polar surface area (TPSA) is 49.3 Å². The van der Waals surface area contributed by atoms with Crippen LogP contribution in [0.1, 0.15) is 22.2 Å². The second kappa shape index (κ2) is 6.21. The summed E-state index contributed by atoms with van der Waals surface area (Å²) in [6.07, 6.45) is 0.811. The summed E-state index contributed by atoms with van der Waals surface area (Å²) in [5, 5.41) is 14.5. The second-order valence-corrected chi connectivity index (χ2v) is 6.21. The van der Waals surface area contributed by atoms with Gasteiger partial charge in [0.05, 0.1) is 4.47 Å². The van der Waals surface area contributed by atoms with E-state index in [0.29, 0.717) is 10.0 Å². The molecule has 3 nitrogen and oxygen atoms in total. The number of hydrogen-bond acceptors (Lipinski definition) is 3. The van der Waals surface area contributed by atoms with E-state index < -0.39 is 0 Å². The summed E-state index contributed by atoms with van der Waals surface area (Å²) in [7, 11) is 0. The maximum absolute atomic E-state index is 12.0. The smallest absolute Gasteiger partial charge is 0.251 e. The van der Waals surface area contributed by atoms with Crippen molar-refractivity contribution in [3.8, 4) is 5.75 Å². The van der Waals surface area contributed by atoms with Gasteiger partial charge in [-0.1, -0.05) is 6.07 Å². The van der Waals surface area contributed by atoms with E-state index in [9.17, 15) is 9.90 Å². The molecule has 0 saturated carbocycles. The van der Waals surface area contributed by atoms with Crippen LogP contribution in [0.3, 0.4) is 0 Å². The lowest BCUT2D eigenvalue weighted by Crippen LogP contribution is -2.33. The first kappa shape index (κ1) is 14.1. The number of benzene rings is 1. The number of carbonyl (C=O) groups is 1. The molecule has 0 fully saturated rings. The Labute approximate surface area is 124 Å². The first-order valence-corrected chi connectivity index (χ1v) is 7.55. The molecule has 0 aliphatic rings. The molecule has 0 spiro atoms. The lowest BCUT2D eigenvalue weighted by atomic mass is 10.1. The Morgan fingerprint density at radius 2 is 2.26 bits per heavy atom. The summed E-state index contributed by atoms with van der Waals surface area (Å²) in [5.41, 5.74) is 0.457. The Morgan fingerprint density at radius 1 is 1.47 bits per heavy atom. The zero-order valence-corrected chi connectivity index (χ0v) is 12.8. The monoisotopic (exact) mass is 339 g/mol. The second-order valence-electron chi connectivity index (χ2n) is 4.32. The number of halogens is 1. The number of carbonyl (C=O) groups excluding carboxylic acids is 1. The number of phenolic OH excluding ortho intramolecular Hbond substituents is 1. The zero-order chi connectivity index (χ0) is 13.8. The van der Waals surface area contributed by atoms with Crippen molar-refractivity contribution in [1.29, 1.82) is 0 Å². The molecule has 0 saturated heterocycles. The summed E-state index contributed by atoms with van der Waals surface area (Å²) in [6.45, 7) is 1.97. The average Bonchev–Trinajstić information content (AvgIpc) is 2.85. The minimum absolute atomic E-state index is 0.0527. The van der Waals surface area contributed by atoms with Crippen LogP contribution in [0.4, 0.5) is 0 Å². The highest BCUT2D eigenvalue weighted by atomic mass is 79.9. The quantitative estimate of drug-likeness (QED) is 0.894. The van der Waals surface area contributed by atoms with Gasteiger partial charge in [-0.15, -0.1) is 11.3 Å². The molecule has 1 heterocycles. The molecular formula is C14H14BrNO2S. The van der Waals surface area contributed by atoms with Crippen molar-refractivity contribution in [2.75, 3.05) is 0 Å². The molecule has 0 radical (unpaired) electrons. The first-order valence-electron chi connectivity index (χ1n) is 5.88. The summed E-state index contributed by atoms with van der Waals surface area (Å²) >= 11 is 4.87. The van der Waals surface area contributed by atoms with Crippen LogP contribution in [-0.2, 0) is 6.42 Å². The van der Waals surface area contributed by atoms with Gasteiger partial charge in [-0.05, 0) is 52.5 Å². The molecule has 1 atom stereocenters. The molecule has 2 N–H and O–H groups in total. The van der Waals surface area contributed by atoms with Gasteiger partial charge in [0.25, 0.3) is 5.91 Å². The van der Waals surface area contributed by atoms with Gasteiger partial charge in [-0.3, -0.25) is 4.79 Å². The van der Waals surface area contributed by atoms with E-state index in [2.05, 4.69) is 27.3 Å². The fourth-order valence-corrected chi connectivity index (χ4v) is 2.82. The highest BCUT2D eigenvalue weighted by Gasteiger charge is 2.12. The van der Waals surface area contributed by atoms with Crippen molar-refractivity contribution in [1.82, 2.24) is 5.32 Å². The van der Waals surface area contributed by atoms with Crippen LogP contribution in [-0.4, -0.2) is 17.1 Å². The molecule has 1 amide bonds. The van der Waals surface area contributed by atoms with Crippen LogP contribution in [0.2, 0.25) is 0 Å². The molecule has 100 valence electrons. The van der Waals surface area contributed by atoms with Crippen molar-refractivity contribution in [2.45, 2.75) is 19.4 Å². The Kier molecular flexibility index (Phi) is 4.61. The molecule has 0 aliphatic carbocycles. The largest absolute Gasteiger partial charge is 0.507 e. The number of nitrogens with one attached hydrogen (secondary N) is 1. The van der Waals surface area contributed by atoms with Gasteiger partial charge < -0.3 is 10.4 Å². The zero-order valence-electron chi connectivity index (χ0n) is 10.4. The molecular weight excluding hydrogens is 326 g/mol. The third-order valence-corrected chi connectivity index (χ3v) is 4.24. The molecule has 2 rings (SSSR count). The van der Waals surface area contributed by atoms with E-state index in [4.69, 9.17) is 0 Å². The molecule has 0 aliphatic heterocycles. The summed E-state index contributed by atoms with van der Waals surface area (Å²) in [5.74, 6) is -0.106. The van der Waals surface area contributed by atoms with E-state index >= 15 is 0 Å². The van der Waals surface area contributed by atoms with Crippen LogP contribution in [0.15, 0.2) is 40.2 Å². The fraction of sp³-hybridized carbons (Fsp3) is 0.214. The Morgan fingerprint density at radius 3 is 2.89 bits per heavy atom. The van der Waals surface area contributed by atoms with Crippen LogP contribution < -0.4 is 5.32 Å². The minimum atomic E-state index is -0.174. The van der Waals surface area contributed by atoms with E-state index in [1.165, 1.54) is 10.9 Å². The van der Waals surface area contributed by atoms with Crippen molar-refractivity contribution in [2.24, 2.45) is 0 Å². The molecule has 1 aromatic heterocycles. The standard InChI is InChI=1S/C14H14BrNO2S/c1-9(7-11-3-2-6-19-11)16-14(18)10-4-5-12(15)13(17)8-10/h2-6,8-9,17H,7H2,1H3,(H,16,18). The lowest BCUT2D eigenvalue weighted by Gasteiger charge is -2.13. The number of aromatic hydroxyl groups is 1.